The topological polar surface area (TPSA) is 29.3 Å². The summed E-state index contributed by atoms with van der Waals surface area (Å²) in [6, 6.07) is 0.780. The van der Waals surface area contributed by atoms with Crippen molar-refractivity contribution in [2.24, 2.45) is 11.1 Å². The lowest BCUT2D eigenvalue weighted by Crippen LogP contribution is -2.55. The number of rotatable bonds is 3. The van der Waals surface area contributed by atoms with E-state index in [9.17, 15) is 0 Å². The lowest BCUT2D eigenvalue weighted by molar-refractivity contribution is 0.0527. The van der Waals surface area contributed by atoms with Gasteiger partial charge in [-0.15, -0.1) is 0 Å². The molecule has 0 bridgehead atoms. The van der Waals surface area contributed by atoms with Gasteiger partial charge in [-0.2, -0.15) is 0 Å². The van der Waals surface area contributed by atoms with Crippen LogP contribution in [-0.2, 0) is 0 Å². The van der Waals surface area contributed by atoms with Crippen LogP contribution in [0.25, 0.3) is 0 Å². The maximum absolute atomic E-state index is 6.30. The maximum Gasteiger partial charge on any atom is 0.0331 e. The fourth-order valence-corrected chi connectivity index (χ4v) is 4.45. The number of nitrogens with two attached hydrogens (primary N) is 1. The third-order valence-corrected chi connectivity index (χ3v) is 6.26. The van der Waals surface area contributed by atoms with Crippen molar-refractivity contribution in [1.29, 1.82) is 0 Å². The highest BCUT2D eigenvalue weighted by atomic mass is 15.2. The Bertz CT molecular complexity index is 292. The van der Waals surface area contributed by atoms with E-state index in [1.807, 2.05) is 0 Å². The predicted octanol–water partition coefficient (Wildman–Crippen LogP) is 4.33. The summed E-state index contributed by atoms with van der Waals surface area (Å²) < 4.78 is 0. The molecule has 0 radical (unpaired) electrons. The number of hydrogen-bond acceptors (Lipinski definition) is 2. The SMILES string of the molecule is CN(C1CCCCCC1)C1(CN)CCCC(C)(C)CC1. The first-order chi connectivity index (χ1) is 9.49. The Morgan fingerprint density at radius 2 is 1.55 bits per heavy atom. The van der Waals surface area contributed by atoms with Gasteiger partial charge in [0.1, 0.15) is 0 Å². The fourth-order valence-electron chi connectivity index (χ4n) is 4.45. The number of nitrogens with zero attached hydrogens (tertiary/aromatic N) is 1. The second-order valence-corrected chi connectivity index (χ2v) is 8.20. The number of hydrogen-bond donors (Lipinski definition) is 1. The molecule has 1 atom stereocenters. The van der Waals surface area contributed by atoms with Crippen LogP contribution in [0.3, 0.4) is 0 Å². The van der Waals surface area contributed by atoms with E-state index >= 15 is 0 Å². The molecule has 20 heavy (non-hydrogen) atoms. The normalized spacial score (nSPS) is 32.9. The standard InChI is InChI=1S/C18H36N2/c1-17(2)11-8-12-18(15-19,14-13-17)20(3)16-9-6-4-5-7-10-16/h16H,4-15,19H2,1-3H3. The lowest BCUT2D eigenvalue weighted by Gasteiger charge is -2.45. The summed E-state index contributed by atoms with van der Waals surface area (Å²) in [6.07, 6.45) is 15.1. The smallest absolute Gasteiger partial charge is 0.0331 e. The molecule has 2 aliphatic carbocycles. The summed E-state index contributed by atoms with van der Waals surface area (Å²) in [5.74, 6) is 0. The molecule has 0 amide bonds. The van der Waals surface area contributed by atoms with E-state index in [1.165, 1.54) is 70.6 Å². The van der Waals surface area contributed by atoms with Crippen molar-refractivity contribution in [3.63, 3.8) is 0 Å². The second kappa shape index (κ2) is 6.79. The van der Waals surface area contributed by atoms with Gasteiger partial charge in [0.2, 0.25) is 0 Å². The third-order valence-electron chi connectivity index (χ3n) is 6.26. The fraction of sp³-hybridized carbons (Fsp3) is 1.00. The highest BCUT2D eigenvalue weighted by Gasteiger charge is 2.40. The molecule has 0 heterocycles. The summed E-state index contributed by atoms with van der Waals surface area (Å²) in [4.78, 5) is 2.72. The monoisotopic (exact) mass is 280 g/mol. The molecule has 1 unspecified atom stereocenters. The van der Waals surface area contributed by atoms with E-state index in [4.69, 9.17) is 5.73 Å². The Balaban J connectivity index is 2.08. The summed E-state index contributed by atoms with van der Waals surface area (Å²) in [5, 5.41) is 0. The van der Waals surface area contributed by atoms with Crippen molar-refractivity contribution in [2.45, 2.75) is 96.1 Å². The summed E-state index contributed by atoms with van der Waals surface area (Å²) in [7, 11) is 2.38. The minimum atomic E-state index is 0.281. The molecule has 2 rings (SSSR count). The van der Waals surface area contributed by atoms with Crippen LogP contribution in [0.15, 0.2) is 0 Å². The highest BCUT2D eigenvalue weighted by molar-refractivity contribution is 4.97. The van der Waals surface area contributed by atoms with Crippen molar-refractivity contribution < 1.29 is 0 Å². The molecule has 2 nitrogen and oxygen atoms in total. The van der Waals surface area contributed by atoms with Gasteiger partial charge < -0.3 is 5.73 Å². The van der Waals surface area contributed by atoms with Gasteiger partial charge >= 0.3 is 0 Å². The van der Waals surface area contributed by atoms with Gasteiger partial charge in [-0.05, 0) is 51.0 Å². The highest BCUT2D eigenvalue weighted by Crippen LogP contribution is 2.41. The molecule has 2 fully saturated rings. The van der Waals surface area contributed by atoms with Gasteiger partial charge in [-0.25, -0.2) is 0 Å². The van der Waals surface area contributed by atoms with Crippen molar-refractivity contribution in [3.05, 3.63) is 0 Å². The average Bonchev–Trinajstić information content (AvgIpc) is 2.77. The second-order valence-electron chi connectivity index (χ2n) is 8.20. The molecule has 2 aliphatic rings. The first-order valence-electron chi connectivity index (χ1n) is 8.92. The van der Waals surface area contributed by atoms with Crippen LogP contribution in [0.5, 0.6) is 0 Å². The van der Waals surface area contributed by atoms with Crippen molar-refractivity contribution in [1.82, 2.24) is 4.90 Å². The largest absolute Gasteiger partial charge is 0.329 e. The summed E-state index contributed by atoms with van der Waals surface area (Å²) >= 11 is 0. The van der Waals surface area contributed by atoms with Crippen LogP contribution in [0.4, 0.5) is 0 Å². The molecule has 2 saturated carbocycles. The molecule has 0 spiro atoms. The Hall–Kier alpha value is -0.0800. The Morgan fingerprint density at radius 3 is 2.15 bits per heavy atom. The molecule has 0 aromatic carbocycles. The average molecular weight is 280 g/mol. The molecular weight excluding hydrogens is 244 g/mol. The van der Waals surface area contributed by atoms with Crippen LogP contribution in [0, 0.1) is 5.41 Å². The van der Waals surface area contributed by atoms with E-state index in [1.54, 1.807) is 0 Å². The molecular formula is C18H36N2. The van der Waals surface area contributed by atoms with Gasteiger partial charge in [-0.1, -0.05) is 46.0 Å². The van der Waals surface area contributed by atoms with Gasteiger partial charge in [0.15, 0.2) is 0 Å². The number of likely N-dealkylation sites (N-methyl/N-ethyl adjacent to an activating group) is 1. The van der Waals surface area contributed by atoms with Gasteiger partial charge in [0.05, 0.1) is 0 Å². The van der Waals surface area contributed by atoms with Crippen molar-refractivity contribution in [3.8, 4) is 0 Å². The van der Waals surface area contributed by atoms with E-state index in [-0.39, 0.29) is 5.54 Å². The third kappa shape index (κ3) is 3.76. The zero-order valence-electron chi connectivity index (χ0n) is 14.1. The molecule has 0 saturated heterocycles. The molecule has 2 N–H and O–H groups in total. The van der Waals surface area contributed by atoms with Crippen molar-refractivity contribution in [2.75, 3.05) is 13.6 Å². The van der Waals surface area contributed by atoms with E-state index in [0.29, 0.717) is 5.41 Å². The summed E-state index contributed by atoms with van der Waals surface area (Å²) in [5.41, 5.74) is 7.10. The van der Waals surface area contributed by atoms with Crippen LogP contribution >= 0.6 is 0 Å². The van der Waals surface area contributed by atoms with Crippen LogP contribution in [-0.4, -0.2) is 30.1 Å². The van der Waals surface area contributed by atoms with Gasteiger partial charge in [-0.3, -0.25) is 4.90 Å². The first kappa shape index (κ1) is 16.3. The maximum atomic E-state index is 6.30. The molecule has 118 valence electrons. The molecule has 0 aromatic heterocycles. The lowest BCUT2D eigenvalue weighted by atomic mass is 9.82. The quantitative estimate of drug-likeness (QED) is 0.780. The Morgan fingerprint density at radius 1 is 0.900 bits per heavy atom. The first-order valence-corrected chi connectivity index (χ1v) is 8.92. The summed E-state index contributed by atoms with van der Waals surface area (Å²) in [6.45, 7) is 5.71. The molecule has 0 aromatic rings. The van der Waals surface area contributed by atoms with Crippen LogP contribution < -0.4 is 5.73 Å². The van der Waals surface area contributed by atoms with E-state index < -0.39 is 0 Å². The van der Waals surface area contributed by atoms with Crippen LogP contribution in [0.2, 0.25) is 0 Å². The minimum Gasteiger partial charge on any atom is -0.329 e. The zero-order valence-corrected chi connectivity index (χ0v) is 14.1. The Labute approximate surface area is 126 Å². The van der Waals surface area contributed by atoms with E-state index in [2.05, 4.69) is 25.8 Å². The molecule has 0 aliphatic heterocycles. The van der Waals surface area contributed by atoms with Gasteiger partial charge in [0, 0.05) is 18.1 Å². The van der Waals surface area contributed by atoms with Gasteiger partial charge in [0.25, 0.3) is 0 Å². The van der Waals surface area contributed by atoms with Crippen LogP contribution in [0.1, 0.15) is 84.5 Å². The minimum absolute atomic E-state index is 0.281. The Kier molecular flexibility index (Phi) is 5.53. The predicted molar refractivity (Wildman–Crippen MR) is 87.9 cm³/mol. The zero-order chi connectivity index (χ0) is 14.6. The van der Waals surface area contributed by atoms with E-state index in [0.717, 1.165) is 12.6 Å². The van der Waals surface area contributed by atoms with Crippen molar-refractivity contribution >= 4 is 0 Å². The molecule has 2 heteroatoms.